The van der Waals surface area contributed by atoms with Crippen LogP contribution in [0.25, 0.3) is 5.69 Å². The van der Waals surface area contributed by atoms with Crippen molar-refractivity contribution in [3.8, 4) is 17.5 Å². The van der Waals surface area contributed by atoms with Crippen molar-refractivity contribution in [2.24, 2.45) is 0 Å². The van der Waals surface area contributed by atoms with Crippen molar-refractivity contribution in [3.05, 3.63) is 52.0 Å². The summed E-state index contributed by atoms with van der Waals surface area (Å²) in [5.74, 6) is -2.57. The second-order valence-electron chi connectivity index (χ2n) is 4.44. The Bertz CT molecular complexity index is 910. The number of hydrogen-bond acceptors (Lipinski definition) is 4. The first-order valence-electron chi connectivity index (χ1n) is 6.08. The Balaban J connectivity index is 2.74. The lowest BCUT2D eigenvalue weighted by molar-refractivity contribution is -0.274. The van der Waals surface area contributed by atoms with Gasteiger partial charge in [-0.15, -0.1) is 13.2 Å². The van der Waals surface area contributed by atoms with Gasteiger partial charge in [0.15, 0.2) is 11.4 Å². The molecule has 0 aliphatic rings. The molecule has 0 saturated heterocycles. The van der Waals surface area contributed by atoms with E-state index in [9.17, 15) is 35.5 Å². The van der Waals surface area contributed by atoms with Gasteiger partial charge in [0.1, 0.15) is 23.9 Å². The van der Waals surface area contributed by atoms with Crippen LogP contribution in [0.4, 0.5) is 30.7 Å². The molecule has 12 heteroatoms. The lowest BCUT2D eigenvalue weighted by atomic mass is 10.1. The number of nitriles is 1. The third kappa shape index (κ3) is 4.06. The molecule has 132 valence electrons. The largest absolute Gasteiger partial charge is 0.573 e. The number of alkyl halides is 6. The van der Waals surface area contributed by atoms with Crippen LogP contribution in [0.2, 0.25) is 0 Å². The quantitative estimate of drug-likeness (QED) is 0.765. The van der Waals surface area contributed by atoms with E-state index in [1.54, 1.807) is 0 Å². The molecule has 0 saturated carbocycles. The van der Waals surface area contributed by atoms with Gasteiger partial charge in [-0.3, -0.25) is 9.36 Å². The van der Waals surface area contributed by atoms with Crippen molar-refractivity contribution in [2.45, 2.75) is 12.5 Å². The van der Waals surface area contributed by atoms with E-state index in [0.29, 0.717) is 6.07 Å². The second kappa shape index (κ2) is 6.08. The normalized spacial score (nSPS) is 11.9. The molecule has 1 aromatic heterocycles. The molecule has 2 aromatic rings. The average Bonchev–Trinajstić information content (AvgIpc) is 2.44. The molecular weight excluding hydrogens is 363 g/mol. The summed E-state index contributed by atoms with van der Waals surface area (Å²) >= 11 is 0. The summed E-state index contributed by atoms with van der Waals surface area (Å²) < 4.78 is 92.0. The lowest BCUT2D eigenvalue weighted by Crippen LogP contribution is -2.25. The van der Waals surface area contributed by atoms with E-state index in [-0.39, 0.29) is 23.0 Å². The molecular formula is C13H4F7N3O2. The van der Waals surface area contributed by atoms with Crippen LogP contribution >= 0.6 is 0 Å². The van der Waals surface area contributed by atoms with E-state index < -0.39 is 46.6 Å². The van der Waals surface area contributed by atoms with Crippen molar-refractivity contribution >= 4 is 0 Å². The maximum absolute atomic E-state index is 13.4. The van der Waals surface area contributed by atoms with Gasteiger partial charge < -0.3 is 4.74 Å². The molecule has 0 atom stereocenters. The Morgan fingerprint density at radius 3 is 2.24 bits per heavy atom. The van der Waals surface area contributed by atoms with Crippen LogP contribution in [0.1, 0.15) is 11.3 Å². The fourth-order valence-electron chi connectivity index (χ4n) is 1.83. The molecule has 0 fully saturated rings. The molecule has 1 aromatic carbocycles. The van der Waals surface area contributed by atoms with Gasteiger partial charge in [0.25, 0.3) is 5.56 Å². The van der Waals surface area contributed by atoms with E-state index >= 15 is 0 Å². The van der Waals surface area contributed by atoms with E-state index in [0.717, 1.165) is 0 Å². The van der Waals surface area contributed by atoms with Crippen LogP contribution in [-0.2, 0) is 6.18 Å². The second-order valence-corrected chi connectivity index (χ2v) is 4.44. The number of benzene rings is 1. The summed E-state index contributed by atoms with van der Waals surface area (Å²) in [4.78, 5) is 14.8. The predicted octanol–water partition coefficient (Wildman–Crippen LogP) is 3.16. The fraction of sp³-hybridized carbons (Fsp3) is 0.154. The zero-order valence-corrected chi connectivity index (χ0v) is 11.6. The molecule has 25 heavy (non-hydrogen) atoms. The average molecular weight is 367 g/mol. The lowest BCUT2D eigenvalue weighted by Gasteiger charge is -2.16. The van der Waals surface area contributed by atoms with Crippen molar-refractivity contribution in [3.63, 3.8) is 0 Å². The van der Waals surface area contributed by atoms with Crippen LogP contribution in [0.3, 0.4) is 0 Å². The Labute approximate surface area is 133 Å². The first kappa shape index (κ1) is 18.2. The number of hydrogen-bond donors (Lipinski definition) is 0. The third-order valence-electron chi connectivity index (χ3n) is 2.73. The minimum atomic E-state index is -5.31. The zero-order valence-electron chi connectivity index (χ0n) is 11.6. The molecule has 1 heterocycles. The highest BCUT2D eigenvalue weighted by atomic mass is 19.4. The highest BCUT2D eigenvalue weighted by Gasteiger charge is 2.35. The molecule has 2 rings (SSSR count). The van der Waals surface area contributed by atoms with Gasteiger partial charge >= 0.3 is 12.5 Å². The van der Waals surface area contributed by atoms with Crippen LogP contribution < -0.4 is 10.3 Å². The van der Waals surface area contributed by atoms with Crippen LogP contribution in [0.15, 0.2) is 29.3 Å². The molecule has 0 aliphatic carbocycles. The van der Waals surface area contributed by atoms with Crippen molar-refractivity contribution in [2.75, 3.05) is 0 Å². The Hall–Kier alpha value is -3.10. The number of halogens is 7. The van der Waals surface area contributed by atoms with Crippen molar-refractivity contribution in [1.82, 2.24) is 9.55 Å². The topological polar surface area (TPSA) is 67.9 Å². The molecule has 0 spiro atoms. The van der Waals surface area contributed by atoms with Gasteiger partial charge in [0, 0.05) is 12.1 Å². The summed E-state index contributed by atoms with van der Waals surface area (Å²) in [6.07, 6.45) is -10.0. The summed E-state index contributed by atoms with van der Waals surface area (Å²) in [6, 6.07) is 2.07. The predicted molar refractivity (Wildman–Crippen MR) is 66.2 cm³/mol. The number of aromatic nitrogens is 2. The van der Waals surface area contributed by atoms with E-state index in [4.69, 9.17) is 5.26 Å². The van der Waals surface area contributed by atoms with Gasteiger partial charge in [-0.05, 0) is 6.07 Å². The van der Waals surface area contributed by atoms with Gasteiger partial charge in [-0.1, -0.05) is 0 Å². The Kier molecular flexibility index (Phi) is 4.44. The van der Waals surface area contributed by atoms with Crippen LogP contribution in [0, 0.1) is 17.1 Å². The third-order valence-corrected chi connectivity index (χ3v) is 2.73. The fourth-order valence-corrected chi connectivity index (χ4v) is 1.83. The Morgan fingerprint density at radius 2 is 1.76 bits per heavy atom. The first-order valence-corrected chi connectivity index (χ1v) is 6.08. The van der Waals surface area contributed by atoms with E-state index in [1.165, 1.54) is 6.07 Å². The summed E-state index contributed by atoms with van der Waals surface area (Å²) in [7, 11) is 0. The smallest absolute Gasteiger partial charge is 0.403 e. The molecule has 0 radical (unpaired) electrons. The van der Waals surface area contributed by atoms with Crippen molar-refractivity contribution < 1.29 is 35.5 Å². The SMILES string of the molecule is N#Cc1cc(F)cc(OC(F)(F)F)c1-n1cnc(C(F)(F)F)cc1=O. The van der Waals surface area contributed by atoms with Gasteiger partial charge in [-0.2, -0.15) is 18.4 Å². The van der Waals surface area contributed by atoms with Gasteiger partial charge in [0.2, 0.25) is 0 Å². The highest BCUT2D eigenvalue weighted by Crippen LogP contribution is 2.32. The maximum atomic E-state index is 13.4. The molecule has 0 N–H and O–H groups in total. The molecule has 5 nitrogen and oxygen atoms in total. The number of rotatable bonds is 2. The van der Waals surface area contributed by atoms with Crippen molar-refractivity contribution in [1.29, 1.82) is 5.26 Å². The molecule has 0 amide bonds. The first-order chi connectivity index (χ1) is 11.4. The zero-order chi connectivity index (χ0) is 19.0. The summed E-state index contributed by atoms with van der Waals surface area (Å²) in [6.45, 7) is 0. The monoisotopic (exact) mass is 367 g/mol. The number of ether oxygens (including phenoxy) is 1. The number of nitrogens with zero attached hydrogens (tertiary/aromatic N) is 3. The van der Waals surface area contributed by atoms with E-state index in [1.807, 2.05) is 0 Å². The summed E-state index contributed by atoms with van der Waals surface area (Å²) in [5, 5.41) is 8.93. The molecule has 0 bridgehead atoms. The van der Waals surface area contributed by atoms with E-state index in [2.05, 4.69) is 9.72 Å². The van der Waals surface area contributed by atoms with Crippen LogP contribution in [0.5, 0.6) is 5.75 Å². The Morgan fingerprint density at radius 1 is 1.12 bits per heavy atom. The molecule has 0 unspecified atom stereocenters. The maximum Gasteiger partial charge on any atom is 0.573 e. The minimum Gasteiger partial charge on any atom is -0.403 e. The van der Waals surface area contributed by atoms with Gasteiger partial charge in [-0.25, -0.2) is 9.37 Å². The molecule has 0 aliphatic heterocycles. The summed E-state index contributed by atoms with van der Waals surface area (Å²) in [5.41, 5.74) is -4.71. The standard InChI is InChI=1S/C13H4F7N3O2/c14-7-1-6(4-21)11(8(2-7)25-13(18,19)20)23-5-22-9(3-10(23)24)12(15,16)17/h1-3,5H. The highest BCUT2D eigenvalue weighted by molar-refractivity contribution is 5.58. The van der Waals surface area contributed by atoms with Crippen LogP contribution in [-0.4, -0.2) is 15.9 Å². The van der Waals surface area contributed by atoms with Gasteiger partial charge in [0.05, 0.1) is 5.56 Å². The minimum absolute atomic E-state index is 0.0158.